The average molecular weight is 285 g/mol. The molecule has 0 aliphatic heterocycles. The van der Waals surface area contributed by atoms with Gasteiger partial charge in [0.05, 0.1) is 5.41 Å². The summed E-state index contributed by atoms with van der Waals surface area (Å²) >= 11 is 0. The minimum Gasteiger partial charge on any atom is -0.324 e. The van der Waals surface area contributed by atoms with Gasteiger partial charge in [-0.3, -0.25) is 0 Å². The second-order valence-corrected chi connectivity index (χ2v) is 7.09. The molecule has 0 aromatic carbocycles. The van der Waals surface area contributed by atoms with Gasteiger partial charge in [-0.2, -0.15) is 0 Å². The Bertz CT molecular complexity index is 498. The van der Waals surface area contributed by atoms with Crippen molar-refractivity contribution < 1.29 is 0 Å². The Morgan fingerprint density at radius 1 is 1.43 bits per heavy atom. The van der Waals surface area contributed by atoms with Gasteiger partial charge in [0.1, 0.15) is 0 Å². The molecule has 2 atom stereocenters. The van der Waals surface area contributed by atoms with Crippen molar-refractivity contribution in [1.82, 2.24) is 0 Å². The molecule has 1 aliphatic rings. The topological polar surface area (TPSA) is 26.0 Å². The van der Waals surface area contributed by atoms with Crippen LogP contribution in [-0.4, -0.2) is 5.54 Å². The van der Waals surface area contributed by atoms with Gasteiger partial charge in [-0.05, 0) is 50.5 Å². The van der Waals surface area contributed by atoms with Crippen LogP contribution in [0, 0.1) is 22.7 Å². The van der Waals surface area contributed by atoms with Crippen molar-refractivity contribution >= 4 is 0 Å². The van der Waals surface area contributed by atoms with Crippen molar-refractivity contribution in [3.63, 3.8) is 0 Å². The highest BCUT2D eigenvalue weighted by Crippen LogP contribution is 2.59. The molecule has 1 aliphatic carbocycles. The predicted molar refractivity (Wildman–Crippen MR) is 93.8 cm³/mol. The lowest BCUT2D eigenvalue weighted by molar-refractivity contribution is 0.363. The van der Waals surface area contributed by atoms with Crippen LogP contribution in [0.2, 0.25) is 0 Å². The Morgan fingerprint density at radius 2 is 2.10 bits per heavy atom. The summed E-state index contributed by atoms with van der Waals surface area (Å²) in [4.78, 5) is 0. The van der Waals surface area contributed by atoms with Crippen LogP contribution in [0.4, 0.5) is 0 Å². The number of nitrogens with two attached hydrogens (primary N) is 1. The van der Waals surface area contributed by atoms with Crippen molar-refractivity contribution in [3.8, 4) is 11.8 Å². The minimum absolute atomic E-state index is 0.00921. The molecule has 0 aromatic rings. The van der Waals surface area contributed by atoms with Gasteiger partial charge in [0.2, 0.25) is 0 Å². The maximum atomic E-state index is 6.61. The van der Waals surface area contributed by atoms with Crippen LogP contribution in [0.15, 0.2) is 36.5 Å². The maximum absolute atomic E-state index is 6.61. The van der Waals surface area contributed by atoms with E-state index < -0.39 is 0 Å². The largest absolute Gasteiger partial charge is 0.324 e. The standard InChI is InChI=1S/C20H31N/c1-7-10-11-17(4)12-13-19(9-3)16-20(19,21)15-14-18(5,6)8-2/h7-8,10-11H,2,9,14-16,21H2,1,3-6H3/b10-7-,17-11+. The van der Waals surface area contributed by atoms with Crippen molar-refractivity contribution in [3.05, 3.63) is 36.5 Å². The van der Waals surface area contributed by atoms with E-state index in [-0.39, 0.29) is 16.4 Å². The van der Waals surface area contributed by atoms with Crippen LogP contribution in [0.3, 0.4) is 0 Å². The van der Waals surface area contributed by atoms with E-state index in [1.807, 2.05) is 25.2 Å². The first-order valence-electron chi connectivity index (χ1n) is 7.99. The first-order chi connectivity index (χ1) is 9.74. The van der Waals surface area contributed by atoms with Gasteiger partial charge in [-0.1, -0.05) is 56.9 Å². The highest BCUT2D eigenvalue weighted by molar-refractivity contribution is 5.39. The Morgan fingerprint density at radius 3 is 2.62 bits per heavy atom. The summed E-state index contributed by atoms with van der Waals surface area (Å²) in [6.07, 6.45) is 12.3. The molecule has 1 nitrogen and oxygen atoms in total. The zero-order chi connectivity index (χ0) is 16.1. The van der Waals surface area contributed by atoms with Crippen molar-refractivity contribution in [1.29, 1.82) is 0 Å². The van der Waals surface area contributed by atoms with Crippen molar-refractivity contribution in [2.75, 3.05) is 0 Å². The van der Waals surface area contributed by atoms with E-state index in [2.05, 4.69) is 52.2 Å². The Labute approximate surface area is 131 Å². The minimum atomic E-state index is -0.115. The van der Waals surface area contributed by atoms with Crippen molar-refractivity contribution in [2.45, 2.75) is 65.8 Å². The van der Waals surface area contributed by atoms with E-state index in [1.165, 1.54) is 0 Å². The Kier molecular flexibility index (Phi) is 5.65. The molecular formula is C20H31N. The molecule has 1 heteroatoms. The van der Waals surface area contributed by atoms with E-state index in [1.54, 1.807) is 0 Å². The normalized spacial score (nSPS) is 29.1. The molecule has 21 heavy (non-hydrogen) atoms. The third-order valence-electron chi connectivity index (χ3n) is 4.85. The molecule has 0 radical (unpaired) electrons. The fourth-order valence-electron chi connectivity index (χ4n) is 2.70. The molecule has 2 unspecified atom stereocenters. The lowest BCUT2D eigenvalue weighted by Gasteiger charge is -2.24. The molecule has 1 rings (SSSR count). The van der Waals surface area contributed by atoms with Gasteiger partial charge < -0.3 is 5.73 Å². The molecule has 0 aromatic heterocycles. The highest BCUT2D eigenvalue weighted by atomic mass is 14.9. The monoisotopic (exact) mass is 285 g/mol. The SMILES string of the molecule is C=CC(C)(C)CCC1(N)CC1(C#C/C(C)=C/C=C\C)CC. The van der Waals surface area contributed by atoms with E-state index in [4.69, 9.17) is 5.73 Å². The van der Waals surface area contributed by atoms with Crippen LogP contribution in [0.1, 0.15) is 60.3 Å². The summed E-state index contributed by atoms with van der Waals surface area (Å²) in [5.41, 5.74) is 7.76. The highest BCUT2D eigenvalue weighted by Gasteiger charge is 2.62. The summed E-state index contributed by atoms with van der Waals surface area (Å²) in [6, 6.07) is 0. The van der Waals surface area contributed by atoms with Gasteiger partial charge in [-0.25, -0.2) is 0 Å². The van der Waals surface area contributed by atoms with E-state index in [0.29, 0.717) is 0 Å². The molecule has 1 fully saturated rings. The van der Waals surface area contributed by atoms with Crippen LogP contribution >= 0.6 is 0 Å². The van der Waals surface area contributed by atoms with Gasteiger partial charge >= 0.3 is 0 Å². The number of allylic oxidation sites excluding steroid dienone is 5. The molecule has 1 saturated carbocycles. The van der Waals surface area contributed by atoms with Crippen molar-refractivity contribution in [2.24, 2.45) is 16.6 Å². The molecule has 0 bridgehead atoms. The quantitative estimate of drug-likeness (QED) is 0.415. The summed E-state index contributed by atoms with van der Waals surface area (Å²) in [5, 5.41) is 0. The Hall–Kier alpha value is -1.26. The maximum Gasteiger partial charge on any atom is 0.0513 e. The molecule has 0 heterocycles. The molecule has 0 spiro atoms. The number of rotatable bonds is 6. The smallest absolute Gasteiger partial charge is 0.0513 e. The van der Waals surface area contributed by atoms with E-state index >= 15 is 0 Å². The Balaban J connectivity index is 2.77. The third kappa shape index (κ3) is 4.35. The second-order valence-electron chi connectivity index (χ2n) is 7.09. The van der Waals surface area contributed by atoms with Gasteiger partial charge in [0.15, 0.2) is 0 Å². The van der Waals surface area contributed by atoms with Crippen LogP contribution < -0.4 is 5.73 Å². The van der Waals surface area contributed by atoms with E-state index in [9.17, 15) is 0 Å². The zero-order valence-electron chi connectivity index (χ0n) is 14.4. The molecule has 0 amide bonds. The lowest BCUT2D eigenvalue weighted by Crippen LogP contribution is -2.31. The summed E-state index contributed by atoms with van der Waals surface area (Å²) in [6.45, 7) is 14.6. The molecular weight excluding hydrogens is 254 g/mol. The van der Waals surface area contributed by atoms with Crippen LogP contribution in [0.5, 0.6) is 0 Å². The average Bonchev–Trinajstić information content (AvgIpc) is 3.07. The second kappa shape index (κ2) is 6.67. The first-order valence-corrected chi connectivity index (χ1v) is 7.99. The predicted octanol–water partition coefficient (Wildman–Crippen LogP) is 5.00. The summed E-state index contributed by atoms with van der Waals surface area (Å²) < 4.78 is 0. The van der Waals surface area contributed by atoms with Crippen LogP contribution in [0.25, 0.3) is 0 Å². The third-order valence-corrected chi connectivity index (χ3v) is 4.85. The number of hydrogen-bond donors (Lipinski definition) is 1. The summed E-state index contributed by atoms with van der Waals surface area (Å²) in [5.74, 6) is 6.77. The molecule has 116 valence electrons. The van der Waals surface area contributed by atoms with Gasteiger partial charge in [0.25, 0.3) is 0 Å². The fraction of sp³-hybridized carbons (Fsp3) is 0.600. The molecule has 2 N–H and O–H groups in total. The first kappa shape index (κ1) is 17.8. The lowest BCUT2D eigenvalue weighted by atomic mass is 9.83. The molecule has 0 saturated heterocycles. The number of hydrogen-bond acceptors (Lipinski definition) is 1. The summed E-state index contributed by atoms with van der Waals surface area (Å²) in [7, 11) is 0. The fourth-order valence-corrected chi connectivity index (χ4v) is 2.70. The van der Waals surface area contributed by atoms with E-state index in [0.717, 1.165) is 31.3 Å². The van der Waals surface area contributed by atoms with Gasteiger partial charge in [0, 0.05) is 5.54 Å². The van der Waals surface area contributed by atoms with Gasteiger partial charge in [-0.15, -0.1) is 6.58 Å². The zero-order valence-corrected chi connectivity index (χ0v) is 14.4. The van der Waals surface area contributed by atoms with Crippen LogP contribution in [-0.2, 0) is 0 Å².